The van der Waals surface area contributed by atoms with Crippen LogP contribution in [-0.4, -0.2) is 32.8 Å². The summed E-state index contributed by atoms with van der Waals surface area (Å²) in [5, 5.41) is 2.42. The zero-order chi connectivity index (χ0) is 14.3. The summed E-state index contributed by atoms with van der Waals surface area (Å²) in [6, 6.07) is 7.67. The molecule has 0 aliphatic rings. The molecule has 1 aromatic carbocycles. The third kappa shape index (κ3) is 3.58. The molecule has 1 N–H and O–H groups in total. The van der Waals surface area contributed by atoms with Crippen molar-refractivity contribution in [2.45, 2.75) is 13.8 Å². The zero-order valence-corrected chi connectivity index (χ0v) is 12.0. The number of hydrogen-bond acceptors (Lipinski definition) is 2. The Morgan fingerprint density at radius 1 is 1.32 bits per heavy atom. The molecule has 0 bridgehead atoms. The number of nitrogens with zero attached hydrogens (tertiary/aromatic N) is 1. The van der Waals surface area contributed by atoms with Crippen molar-refractivity contribution in [2.75, 3.05) is 26.7 Å². The number of carbonyl (C=O) groups is 1. The first-order chi connectivity index (χ1) is 9.11. The van der Waals surface area contributed by atoms with Crippen molar-refractivity contribution >= 4 is 11.8 Å². The van der Waals surface area contributed by atoms with Crippen LogP contribution in [0.25, 0.3) is 0 Å². The highest BCUT2D eigenvalue weighted by atomic mass is 16.5. The maximum atomic E-state index is 11.1. The fraction of sp³-hybridized carbons (Fsp3) is 0.400. The molecule has 4 heteroatoms. The predicted molar refractivity (Wildman–Crippen MR) is 79.5 cm³/mol. The van der Waals surface area contributed by atoms with Crippen LogP contribution in [0.2, 0.25) is 0 Å². The van der Waals surface area contributed by atoms with Crippen LogP contribution in [0, 0.1) is 0 Å². The quantitative estimate of drug-likeness (QED) is 0.633. The third-order valence-corrected chi connectivity index (χ3v) is 3.49. The van der Waals surface area contributed by atoms with Crippen molar-refractivity contribution in [2.24, 2.45) is 0 Å². The van der Waals surface area contributed by atoms with E-state index in [-0.39, 0.29) is 0 Å². The second kappa shape index (κ2) is 6.95. The molecule has 0 saturated heterocycles. The third-order valence-electron chi connectivity index (χ3n) is 3.49. The number of hydrogen-bond donors (Lipinski definition) is 1. The minimum Gasteiger partial charge on any atom is -0.410 e. The van der Waals surface area contributed by atoms with Gasteiger partial charge in [-0.05, 0) is 32.1 Å². The van der Waals surface area contributed by atoms with Crippen LogP contribution in [0.4, 0.5) is 10.5 Å². The molecule has 0 fully saturated rings. The van der Waals surface area contributed by atoms with Crippen molar-refractivity contribution in [3.8, 4) is 5.75 Å². The van der Waals surface area contributed by atoms with Crippen LogP contribution >= 0.6 is 0 Å². The van der Waals surface area contributed by atoms with E-state index in [0.29, 0.717) is 5.75 Å². The molecule has 1 rings (SSSR count). The first kappa shape index (κ1) is 15.2. The molecule has 1 amide bonds. The first-order valence-electron chi connectivity index (χ1n) is 6.59. The summed E-state index contributed by atoms with van der Waals surface area (Å²) >= 11 is 0. The van der Waals surface area contributed by atoms with Gasteiger partial charge in [0.05, 0.1) is 13.1 Å². The highest BCUT2D eigenvalue weighted by Crippen LogP contribution is 2.25. The SMILES string of the molecule is C=CC[N+](CC)(CC)c1ccc(OC(=O)NC)cc1. The van der Waals surface area contributed by atoms with Gasteiger partial charge >= 0.3 is 6.09 Å². The van der Waals surface area contributed by atoms with Crippen molar-refractivity contribution in [3.63, 3.8) is 0 Å². The minimum atomic E-state index is -0.453. The molecule has 0 heterocycles. The minimum absolute atomic E-state index is 0.453. The smallest absolute Gasteiger partial charge is 0.410 e. The molecule has 0 saturated carbocycles. The van der Waals surface area contributed by atoms with Crippen LogP contribution in [0.5, 0.6) is 5.75 Å². The monoisotopic (exact) mass is 263 g/mol. The average molecular weight is 263 g/mol. The van der Waals surface area contributed by atoms with Gasteiger partial charge < -0.3 is 10.1 Å². The van der Waals surface area contributed by atoms with Gasteiger partial charge in [-0.3, -0.25) is 4.48 Å². The van der Waals surface area contributed by atoms with Crippen molar-refractivity contribution in [1.82, 2.24) is 9.80 Å². The Morgan fingerprint density at radius 3 is 2.32 bits per heavy atom. The van der Waals surface area contributed by atoms with E-state index in [0.717, 1.165) is 24.1 Å². The lowest BCUT2D eigenvalue weighted by Gasteiger charge is -2.35. The molecule has 0 unspecified atom stereocenters. The molecular formula is C15H23N2O2+. The van der Waals surface area contributed by atoms with E-state index in [2.05, 4.69) is 25.7 Å². The first-order valence-corrected chi connectivity index (χ1v) is 6.59. The number of benzene rings is 1. The lowest BCUT2D eigenvalue weighted by atomic mass is 10.2. The molecule has 19 heavy (non-hydrogen) atoms. The standard InChI is InChI=1S/C15H22N2O2/c1-5-12-17(6-2,7-3)13-8-10-14(11-9-13)19-15(18)16-4/h5,8-11H,1,6-7,12H2,2-4H3/p+1. The van der Waals surface area contributed by atoms with Crippen LogP contribution < -0.4 is 14.5 Å². The molecule has 4 nitrogen and oxygen atoms in total. The highest BCUT2D eigenvalue weighted by Gasteiger charge is 2.24. The van der Waals surface area contributed by atoms with Gasteiger partial charge in [0.15, 0.2) is 0 Å². The van der Waals surface area contributed by atoms with Gasteiger partial charge in [0.2, 0.25) is 0 Å². The Kier molecular flexibility index (Phi) is 5.57. The van der Waals surface area contributed by atoms with E-state index >= 15 is 0 Å². The van der Waals surface area contributed by atoms with Gasteiger partial charge in [0.25, 0.3) is 0 Å². The summed E-state index contributed by atoms with van der Waals surface area (Å²) in [7, 11) is 1.54. The van der Waals surface area contributed by atoms with E-state index in [1.54, 1.807) is 0 Å². The molecule has 104 valence electrons. The topological polar surface area (TPSA) is 38.3 Å². The molecule has 0 atom stereocenters. The van der Waals surface area contributed by atoms with E-state index in [9.17, 15) is 4.79 Å². The van der Waals surface area contributed by atoms with Gasteiger partial charge in [-0.25, -0.2) is 4.79 Å². The summed E-state index contributed by atoms with van der Waals surface area (Å²) in [6.07, 6.45) is 1.49. The predicted octanol–water partition coefficient (Wildman–Crippen LogP) is 2.94. The maximum absolute atomic E-state index is 11.1. The number of quaternary nitrogens is 1. The number of likely N-dealkylation sites (N-methyl/N-ethyl adjacent to an activating group) is 1. The van der Waals surface area contributed by atoms with Crippen LogP contribution in [0.1, 0.15) is 13.8 Å². The Labute approximate surface area is 115 Å². The normalized spacial score (nSPS) is 10.9. The van der Waals surface area contributed by atoms with Crippen LogP contribution in [0.15, 0.2) is 36.9 Å². The number of carbonyl (C=O) groups excluding carboxylic acids is 1. The lowest BCUT2D eigenvalue weighted by molar-refractivity contribution is 0.203. The summed E-state index contributed by atoms with van der Waals surface area (Å²) in [4.78, 5) is 11.1. The van der Waals surface area contributed by atoms with Crippen molar-refractivity contribution < 1.29 is 9.53 Å². The fourth-order valence-corrected chi connectivity index (χ4v) is 2.19. The summed E-state index contributed by atoms with van der Waals surface area (Å²) in [5.74, 6) is 0.548. The maximum Gasteiger partial charge on any atom is 0.412 e. The largest absolute Gasteiger partial charge is 0.412 e. The van der Waals surface area contributed by atoms with E-state index in [1.165, 1.54) is 12.7 Å². The number of amides is 1. The Bertz CT molecular complexity index is 422. The second-order valence-corrected chi connectivity index (χ2v) is 4.38. The number of nitrogens with one attached hydrogen (secondary N) is 1. The Morgan fingerprint density at radius 2 is 1.89 bits per heavy atom. The van der Waals surface area contributed by atoms with Gasteiger partial charge in [0.1, 0.15) is 18.0 Å². The number of rotatable bonds is 6. The highest BCUT2D eigenvalue weighted by molar-refractivity contribution is 5.70. The summed E-state index contributed by atoms with van der Waals surface area (Å²) in [6.45, 7) is 11.1. The van der Waals surface area contributed by atoms with E-state index in [4.69, 9.17) is 4.74 Å². The second-order valence-electron chi connectivity index (χ2n) is 4.38. The van der Waals surface area contributed by atoms with Gasteiger partial charge in [-0.1, -0.05) is 6.58 Å². The van der Waals surface area contributed by atoms with Crippen molar-refractivity contribution in [1.29, 1.82) is 0 Å². The van der Waals surface area contributed by atoms with Crippen LogP contribution in [-0.2, 0) is 0 Å². The molecule has 0 spiro atoms. The van der Waals surface area contributed by atoms with Crippen molar-refractivity contribution in [3.05, 3.63) is 36.9 Å². The molecular weight excluding hydrogens is 240 g/mol. The fourth-order valence-electron chi connectivity index (χ4n) is 2.19. The molecule has 0 radical (unpaired) electrons. The summed E-state index contributed by atoms with van der Waals surface area (Å²) < 4.78 is 5.93. The molecule has 0 aromatic heterocycles. The van der Waals surface area contributed by atoms with Gasteiger partial charge in [-0.15, -0.1) is 0 Å². The molecule has 0 aliphatic carbocycles. The van der Waals surface area contributed by atoms with Gasteiger partial charge in [0, 0.05) is 19.2 Å². The summed E-state index contributed by atoms with van der Waals surface area (Å²) in [5.41, 5.74) is 1.20. The Balaban J connectivity index is 2.95. The van der Waals surface area contributed by atoms with E-state index < -0.39 is 6.09 Å². The Hall–Kier alpha value is -1.81. The van der Waals surface area contributed by atoms with Gasteiger partial charge in [-0.2, -0.15) is 0 Å². The lowest BCUT2D eigenvalue weighted by Crippen LogP contribution is -2.49. The van der Waals surface area contributed by atoms with E-state index in [1.807, 2.05) is 30.3 Å². The molecule has 1 aromatic rings. The van der Waals surface area contributed by atoms with Crippen LogP contribution in [0.3, 0.4) is 0 Å². The zero-order valence-electron chi connectivity index (χ0n) is 12.0. The molecule has 0 aliphatic heterocycles. The number of ether oxygens (including phenoxy) is 1. The average Bonchev–Trinajstić information content (AvgIpc) is 2.45.